The molecule has 0 amide bonds. The first-order valence-electron chi connectivity index (χ1n) is 7.32. The van der Waals surface area contributed by atoms with Crippen LogP contribution in [0, 0.1) is 0 Å². The van der Waals surface area contributed by atoms with Gasteiger partial charge in [-0.2, -0.15) is 0 Å². The van der Waals surface area contributed by atoms with E-state index in [1.807, 2.05) is 6.92 Å². The summed E-state index contributed by atoms with van der Waals surface area (Å²) in [5.74, 6) is -1.63. The van der Waals surface area contributed by atoms with E-state index in [1.54, 1.807) is 30.3 Å². The van der Waals surface area contributed by atoms with Crippen molar-refractivity contribution in [3.8, 4) is 11.5 Å². The Bertz CT molecular complexity index is 746. The summed E-state index contributed by atoms with van der Waals surface area (Å²) >= 11 is -2.35. The quantitative estimate of drug-likeness (QED) is 0.662. The van der Waals surface area contributed by atoms with Crippen molar-refractivity contribution in [3.63, 3.8) is 0 Å². The van der Waals surface area contributed by atoms with Crippen LogP contribution in [0.4, 0.5) is 0 Å². The van der Waals surface area contributed by atoms with Crippen LogP contribution in [0.3, 0.4) is 0 Å². The van der Waals surface area contributed by atoms with Gasteiger partial charge in [0.25, 0.3) is 0 Å². The Hall–Kier alpha value is -2.38. The van der Waals surface area contributed by atoms with Gasteiger partial charge in [-0.25, -0.2) is 9.00 Å². The van der Waals surface area contributed by atoms with Gasteiger partial charge in [-0.05, 0) is 12.1 Å². The predicted octanol–water partition coefficient (Wildman–Crippen LogP) is 3.34. The number of benzene rings is 2. The van der Waals surface area contributed by atoms with Gasteiger partial charge in [0.2, 0.25) is 16.0 Å². The molecule has 2 rings (SSSR count). The van der Waals surface area contributed by atoms with Crippen LogP contribution in [0.5, 0.6) is 11.5 Å². The number of carboxylic acids is 1. The zero-order valence-corrected chi connectivity index (χ0v) is 13.8. The molecule has 7 heteroatoms. The van der Waals surface area contributed by atoms with Crippen molar-refractivity contribution in [2.45, 2.75) is 24.7 Å². The van der Waals surface area contributed by atoms with E-state index in [0.717, 1.165) is 6.07 Å². The lowest BCUT2D eigenvalue weighted by molar-refractivity contribution is 0.0693. The van der Waals surface area contributed by atoms with Crippen LogP contribution in [0.25, 0.3) is 0 Å². The second kappa shape index (κ2) is 7.46. The number of carbonyl (C=O) groups is 1. The molecule has 0 spiro atoms. The third kappa shape index (κ3) is 3.58. The molecule has 3 N–H and O–H groups in total. The maximum absolute atomic E-state index is 12.1. The number of hydrogen-bond donors (Lipinski definition) is 3. The van der Waals surface area contributed by atoms with Gasteiger partial charge in [0, 0.05) is 18.1 Å². The van der Waals surface area contributed by atoms with Gasteiger partial charge in [-0.1, -0.05) is 43.7 Å². The molecule has 0 saturated heterocycles. The third-order valence-electron chi connectivity index (χ3n) is 3.56. The Morgan fingerprint density at radius 2 is 1.88 bits per heavy atom. The van der Waals surface area contributed by atoms with E-state index < -0.39 is 27.7 Å². The van der Waals surface area contributed by atoms with E-state index in [4.69, 9.17) is 9.84 Å². The first-order chi connectivity index (χ1) is 11.4. The summed E-state index contributed by atoms with van der Waals surface area (Å²) in [4.78, 5) is 9.45. The molecule has 6 nitrogen and oxygen atoms in total. The molecule has 2 aromatic rings. The Balaban J connectivity index is 2.48. The van der Waals surface area contributed by atoms with E-state index in [1.165, 1.54) is 12.1 Å². The number of aromatic carboxylic acids is 1. The van der Waals surface area contributed by atoms with Crippen LogP contribution in [0.1, 0.15) is 35.7 Å². The van der Waals surface area contributed by atoms with Gasteiger partial charge in [-0.15, -0.1) is 0 Å². The fourth-order valence-electron chi connectivity index (χ4n) is 2.45. The molecule has 0 aliphatic rings. The molecule has 2 aromatic carbocycles. The normalized spacial score (nSPS) is 14.6. The lowest BCUT2D eigenvalue weighted by Gasteiger charge is -2.31. The molecule has 2 atom stereocenters. The van der Waals surface area contributed by atoms with Crippen molar-refractivity contribution in [1.82, 2.24) is 0 Å². The van der Waals surface area contributed by atoms with Crippen molar-refractivity contribution < 1.29 is 28.5 Å². The summed E-state index contributed by atoms with van der Waals surface area (Å²) in [6, 6.07) is 12.3. The number of aromatic hydroxyl groups is 1. The Morgan fingerprint density at radius 1 is 1.21 bits per heavy atom. The first-order valence-corrected chi connectivity index (χ1v) is 8.43. The van der Waals surface area contributed by atoms with Crippen LogP contribution in [-0.2, 0) is 16.0 Å². The first kappa shape index (κ1) is 18.0. The highest BCUT2D eigenvalue weighted by atomic mass is 32.2. The summed E-state index contributed by atoms with van der Waals surface area (Å²) < 4.78 is 27.8. The molecule has 0 heterocycles. The summed E-state index contributed by atoms with van der Waals surface area (Å²) in [6.07, 6.45) is 0.849. The Labute approximate surface area is 142 Å². The Kier molecular flexibility index (Phi) is 5.58. The number of ether oxygens (including phenoxy) is 1. The zero-order chi connectivity index (χ0) is 17.7. The van der Waals surface area contributed by atoms with Gasteiger partial charge in [0.1, 0.15) is 17.1 Å². The summed E-state index contributed by atoms with van der Waals surface area (Å²) in [7, 11) is 0. The fourth-order valence-corrected chi connectivity index (χ4v) is 3.33. The molecule has 128 valence electrons. The molecule has 24 heavy (non-hydrogen) atoms. The van der Waals surface area contributed by atoms with Crippen LogP contribution in [0.2, 0.25) is 0 Å². The second-order valence-electron chi connectivity index (χ2n) is 5.20. The van der Waals surface area contributed by atoms with Gasteiger partial charge >= 0.3 is 5.97 Å². The minimum atomic E-state index is -2.35. The SMILES string of the molecule is CCCC(Oc1ccc(C(=O)O)c(O)c1)(c1ccccc1)S(=O)O. The largest absolute Gasteiger partial charge is 0.507 e. The molecule has 0 bridgehead atoms. The maximum Gasteiger partial charge on any atom is 0.339 e. The topological polar surface area (TPSA) is 104 Å². The smallest absolute Gasteiger partial charge is 0.339 e. The van der Waals surface area contributed by atoms with Crippen molar-refractivity contribution in [1.29, 1.82) is 0 Å². The molecular weight excluding hydrogens is 332 g/mol. The molecule has 0 radical (unpaired) electrons. The number of phenols is 1. The Morgan fingerprint density at radius 3 is 2.38 bits per heavy atom. The molecule has 0 saturated carbocycles. The third-order valence-corrected chi connectivity index (χ3v) is 4.64. The predicted molar refractivity (Wildman–Crippen MR) is 89.5 cm³/mol. The summed E-state index contributed by atoms with van der Waals surface area (Å²) in [6.45, 7) is 1.86. The lowest BCUT2D eigenvalue weighted by Crippen LogP contribution is -2.37. The molecular formula is C17H18O6S. The monoisotopic (exact) mass is 350 g/mol. The van der Waals surface area contributed by atoms with Crippen LogP contribution in [0.15, 0.2) is 48.5 Å². The second-order valence-corrected chi connectivity index (χ2v) is 6.36. The minimum Gasteiger partial charge on any atom is -0.507 e. The highest BCUT2D eigenvalue weighted by Crippen LogP contribution is 2.37. The van der Waals surface area contributed by atoms with E-state index >= 15 is 0 Å². The van der Waals surface area contributed by atoms with Gasteiger partial charge < -0.3 is 19.5 Å². The zero-order valence-electron chi connectivity index (χ0n) is 13.0. The highest BCUT2D eigenvalue weighted by molar-refractivity contribution is 7.80. The van der Waals surface area contributed by atoms with E-state index in [9.17, 15) is 18.7 Å². The highest BCUT2D eigenvalue weighted by Gasteiger charge is 2.40. The lowest BCUT2D eigenvalue weighted by atomic mass is 10.0. The molecule has 0 aliphatic carbocycles. The van der Waals surface area contributed by atoms with Gasteiger partial charge in [-0.3, -0.25) is 0 Å². The number of hydrogen-bond acceptors (Lipinski definition) is 4. The minimum absolute atomic E-state index is 0.109. The summed E-state index contributed by atoms with van der Waals surface area (Å²) in [5.41, 5.74) is 0.253. The van der Waals surface area contributed by atoms with Crippen LogP contribution in [-0.4, -0.2) is 24.9 Å². The van der Waals surface area contributed by atoms with Crippen molar-refractivity contribution in [2.75, 3.05) is 0 Å². The van der Waals surface area contributed by atoms with E-state index in [0.29, 0.717) is 12.0 Å². The maximum atomic E-state index is 12.1. The number of rotatable bonds is 7. The van der Waals surface area contributed by atoms with Crippen LogP contribution >= 0.6 is 0 Å². The van der Waals surface area contributed by atoms with Gasteiger partial charge in [0.15, 0.2) is 0 Å². The molecule has 0 fully saturated rings. The van der Waals surface area contributed by atoms with E-state index in [2.05, 4.69) is 0 Å². The molecule has 0 aromatic heterocycles. The average Bonchev–Trinajstić information content (AvgIpc) is 2.54. The van der Waals surface area contributed by atoms with E-state index in [-0.39, 0.29) is 17.7 Å². The van der Waals surface area contributed by atoms with Crippen LogP contribution < -0.4 is 4.74 Å². The van der Waals surface area contributed by atoms with Crippen molar-refractivity contribution >= 4 is 17.0 Å². The standard InChI is InChI=1S/C17H18O6S/c1-2-10-17(24(21)22,12-6-4-3-5-7-12)23-13-8-9-14(16(19)20)15(18)11-13/h3-9,11,18H,2,10H2,1H3,(H,19,20)(H,21,22). The fraction of sp³-hybridized carbons (Fsp3) is 0.235. The average molecular weight is 350 g/mol. The molecule has 2 unspecified atom stereocenters. The van der Waals surface area contributed by atoms with Crippen molar-refractivity contribution in [2.24, 2.45) is 0 Å². The molecule has 0 aliphatic heterocycles. The summed E-state index contributed by atoms with van der Waals surface area (Å²) in [5, 5.41) is 18.7. The van der Waals surface area contributed by atoms with Gasteiger partial charge in [0.05, 0.1) is 0 Å². The van der Waals surface area contributed by atoms with Crippen molar-refractivity contribution in [3.05, 3.63) is 59.7 Å². The number of carboxylic acid groups (broad SMARTS) is 1.